The Balaban J connectivity index is 2.30. The molecule has 1 saturated carbocycles. The van der Waals surface area contributed by atoms with Crippen LogP contribution in [-0.4, -0.2) is 25.7 Å². The number of aliphatic hydroxyl groups excluding tert-OH is 1. The molecule has 0 heterocycles. The Morgan fingerprint density at radius 1 is 1.38 bits per heavy atom. The van der Waals surface area contributed by atoms with E-state index in [1.165, 1.54) is 12.1 Å². The van der Waals surface area contributed by atoms with Crippen molar-refractivity contribution in [3.8, 4) is 0 Å². The summed E-state index contributed by atoms with van der Waals surface area (Å²) in [6.45, 7) is -0.182. The zero-order valence-corrected chi connectivity index (χ0v) is 9.50. The van der Waals surface area contributed by atoms with Crippen LogP contribution in [0.2, 0.25) is 0 Å². The third-order valence-corrected chi connectivity index (χ3v) is 4.37. The van der Waals surface area contributed by atoms with Crippen molar-refractivity contribution in [1.82, 2.24) is 4.72 Å². The van der Waals surface area contributed by atoms with Gasteiger partial charge in [0, 0.05) is 0 Å². The van der Waals surface area contributed by atoms with Gasteiger partial charge in [0.2, 0.25) is 10.0 Å². The summed E-state index contributed by atoms with van der Waals surface area (Å²) in [6, 6.07) is 6.27. The highest BCUT2D eigenvalue weighted by molar-refractivity contribution is 7.89. The first-order valence-corrected chi connectivity index (χ1v) is 6.47. The summed E-state index contributed by atoms with van der Waals surface area (Å²) in [5.74, 6) is 0. The van der Waals surface area contributed by atoms with Crippen molar-refractivity contribution < 1.29 is 13.5 Å². The quantitative estimate of drug-likeness (QED) is 0.651. The van der Waals surface area contributed by atoms with Crippen LogP contribution >= 0.6 is 0 Å². The van der Waals surface area contributed by atoms with E-state index in [-0.39, 0.29) is 17.2 Å². The third kappa shape index (κ3) is 2.04. The van der Waals surface area contributed by atoms with Crippen molar-refractivity contribution in [2.24, 2.45) is 0 Å². The van der Waals surface area contributed by atoms with E-state index in [0.29, 0.717) is 12.8 Å². The number of sulfonamides is 1. The fraction of sp³-hybridized carbons (Fsp3) is 0.400. The fourth-order valence-electron chi connectivity index (χ4n) is 1.51. The lowest BCUT2D eigenvalue weighted by Gasteiger charge is -2.15. The van der Waals surface area contributed by atoms with Crippen LogP contribution in [-0.2, 0) is 10.0 Å². The van der Waals surface area contributed by atoms with Gasteiger partial charge < -0.3 is 10.8 Å². The summed E-state index contributed by atoms with van der Waals surface area (Å²) in [5.41, 5.74) is 5.15. The highest BCUT2D eigenvalue weighted by atomic mass is 32.2. The molecule has 0 saturated heterocycles. The van der Waals surface area contributed by atoms with Gasteiger partial charge in [-0.2, -0.15) is 0 Å². The van der Waals surface area contributed by atoms with E-state index in [2.05, 4.69) is 4.72 Å². The molecular weight excluding hydrogens is 228 g/mol. The number of rotatable bonds is 4. The second-order valence-corrected chi connectivity index (χ2v) is 5.73. The third-order valence-electron chi connectivity index (χ3n) is 2.72. The number of para-hydroxylation sites is 1. The predicted octanol–water partition coefficient (Wildman–Crippen LogP) is 0.0720. The molecule has 6 heteroatoms. The second-order valence-electron chi connectivity index (χ2n) is 4.08. The van der Waals surface area contributed by atoms with E-state index in [0.717, 1.165) is 0 Å². The van der Waals surface area contributed by atoms with Crippen LogP contribution < -0.4 is 10.5 Å². The first-order chi connectivity index (χ1) is 7.49. The molecule has 88 valence electrons. The summed E-state index contributed by atoms with van der Waals surface area (Å²) in [5, 5.41) is 9.08. The lowest BCUT2D eigenvalue weighted by atomic mass is 10.3. The molecule has 1 fully saturated rings. The van der Waals surface area contributed by atoms with Crippen LogP contribution in [0, 0.1) is 0 Å². The van der Waals surface area contributed by atoms with Crippen molar-refractivity contribution >= 4 is 15.7 Å². The van der Waals surface area contributed by atoms with Gasteiger partial charge in [-0.3, -0.25) is 0 Å². The van der Waals surface area contributed by atoms with Crippen LogP contribution in [0.3, 0.4) is 0 Å². The maximum absolute atomic E-state index is 12.0. The molecule has 0 spiro atoms. The maximum atomic E-state index is 12.0. The number of nitrogen functional groups attached to an aromatic ring is 1. The average molecular weight is 242 g/mol. The largest absolute Gasteiger partial charge is 0.398 e. The van der Waals surface area contributed by atoms with Gasteiger partial charge in [-0.05, 0) is 25.0 Å². The van der Waals surface area contributed by atoms with Crippen molar-refractivity contribution in [3.05, 3.63) is 24.3 Å². The first kappa shape index (κ1) is 11.4. The Kier molecular flexibility index (Phi) is 2.65. The zero-order valence-electron chi connectivity index (χ0n) is 8.68. The van der Waals surface area contributed by atoms with Gasteiger partial charge in [0.15, 0.2) is 0 Å². The van der Waals surface area contributed by atoms with E-state index in [1.54, 1.807) is 12.1 Å². The van der Waals surface area contributed by atoms with Gasteiger partial charge in [0.1, 0.15) is 4.90 Å². The monoisotopic (exact) mass is 242 g/mol. The number of nitrogens with two attached hydrogens (primary N) is 1. The Labute approximate surface area is 94.3 Å². The SMILES string of the molecule is Nc1ccccc1S(=O)(=O)NC1(CO)CC1. The standard InChI is InChI=1S/C10H14N2O3S/c11-8-3-1-2-4-9(8)16(14,15)12-10(7-13)5-6-10/h1-4,12-13H,5-7,11H2. The summed E-state index contributed by atoms with van der Waals surface area (Å²) >= 11 is 0. The fourth-order valence-corrected chi connectivity index (χ4v) is 3.09. The minimum absolute atomic E-state index is 0.0646. The van der Waals surface area contributed by atoms with E-state index in [1.807, 2.05) is 0 Å². The van der Waals surface area contributed by atoms with Gasteiger partial charge in [-0.15, -0.1) is 0 Å². The van der Waals surface area contributed by atoms with Crippen LogP contribution in [0.15, 0.2) is 29.2 Å². The van der Waals surface area contributed by atoms with Crippen molar-refractivity contribution in [2.75, 3.05) is 12.3 Å². The summed E-state index contributed by atoms with van der Waals surface area (Å²) in [7, 11) is -3.63. The second kappa shape index (κ2) is 3.73. The molecule has 0 amide bonds. The number of aliphatic hydroxyl groups is 1. The van der Waals surface area contributed by atoms with Crippen LogP contribution in [0.1, 0.15) is 12.8 Å². The van der Waals surface area contributed by atoms with E-state index < -0.39 is 15.6 Å². The topological polar surface area (TPSA) is 92.4 Å². The number of nitrogens with one attached hydrogen (secondary N) is 1. The molecule has 0 aromatic heterocycles. The van der Waals surface area contributed by atoms with E-state index in [9.17, 15) is 8.42 Å². The van der Waals surface area contributed by atoms with Gasteiger partial charge in [0.25, 0.3) is 0 Å². The van der Waals surface area contributed by atoms with E-state index in [4.69, 9.17) is 10.8 Å². The van der Waals surface area contributed by atoms with E-state index >= 15 is 0 Å². The smallest absolute Gasteiger partial charge is 0.243 e. The Hall–Kier alpha value is -1.11. The molecule has 0 aliphatic heterocycles. The molecule has 0 atom stereocenters. The minimum atomic E-state index is -3.63. The van der Waals surface area contributed by atoms with Gasteiger partial charge in [-0.1, -0.05) is 12.1 Å². The Morgan fingerprint density at radius 3 is 2.50 bits per heavy atom. The molecule has 0 bridgehead atoms. The lowest BCUT2D eigenvalue weighted by molar-refractivity contribution is 0.246. The summed E-state index contributed by atoms with van der Waals surface area (Å²) in [6.07, 6.45) is 1.32. The van der Waals surface area contributed by atoms with Crippen LogP contribution in [0.25, 0.3) is 0 Å². The normalized spacial score (nSPS) is 18.3. The van der Waals surface area contributed by atoms with Crippen LogP contribution in [0.4, 0.5) is 5.69 Å². The number of benzene rings is 1. The molecule has 0 unspecified atom stereocenters. The molecule has 0 radical (unpaired) electrons. The van der Waals surface area contributed by atoms with Crippen molar-refractivity contribution in [1.29, 1.82) is 0 Å². The van der Waals surface area contributed by atoms with Gasteiger partial charge in [-0.25, -0.2) is 13.1 Å². The average Bonchev–Trinajstić information content (AvgIpc) is 2.98. The van der Waals surface area contributed by atoms with Crippen molar-refractivity contribution in [3.63, 3.8) is 0 Å². The predicted molar refractivity (Wildman–Crippen MR) is 60.2 cm³/mol. The highest BCUT2D eigenvalue weighted by Crippen LogP contribution is 2.36. The van der Waals surface area contributed by atoms with Crippen molar-refractivity contribution in [2.45, 2.75) is 23.3 Å². The first-order valence-electron chi connectivity index (χ1n) is 4.98. The Bertz CT molecular complexity index is 495. The zero-order chi connectivity index (χ0) is 11.8. The molecule has 5 nitrogen and oxygen atoms in total. The van der Waals surface area contributed by atoms with Gasteiger partial charge in [0.05, 0.1) is 17.8 Å². The lowest BCUT2D eigenvalue weighted by Crippen LogP contribution is -2.39. The summed E-state index contributed by atoms with van der Waals surface area (Å²) < 4.78 is 26.4. The van der Waals surface area contributed by atoms with Gasteiger partial charge >= 0.3 is 0 Å². The minimum Gasteiger partial charge on any atom is -0.398 e. The summed E-state index contributed by atoms with van der Waals surface area (Å²) in [4.78, 5) is 0.0646. The molecule has 16 heavy (non-hydrogen) atoms. The highest BCUT2D eigenvalue weighted by Gasteiger charge is 2.45. The molecular formula is C10H14N2O3S. The number of hydrogen-bond donors (Lipinski definition) is 3. The van der Waals surface area contributed by atoms with Crippen LogP contribution in [0.5, 0.6) is 0 Å². The Morgan fingerprint density at radius 2 is 2.00 bits per heavy atom. The molecule has 1 aliphatic carbocycles. The molecule has 1 aromatic carbocycles. The molecule has 4 N–H and O–H groups in total. The molecule has 1 aromatic rings. The number of anilines is 1. The molecule has 1 aliphatic rings. The molecule has 2 rings (SSSR count). The maximum Gasteiger partial charge on any atom is 0.243 e. The number of hydrogen-bond acceptors (Lipinski definition) is 4.